The van der Waals surface area contributed by atoms with Crippen molar-refractivity contribution in [2.24, 2.45) is 0 Å². The second-order valence-electron chi connectivity index (χ2n) is 4.51. The van der Waals surface area contributed by atoms with Crippen molar-refractivity contribution < 1.29 is 0 Å². The van der Waals surface area contributed by atoms with Crippen molar-refractivity contribution in [3.63, 3.8) is 0 Å². The third-order valence-corrected chi connectivity index (χ3v) is 5.12. The van der Waals surface area contributed by atoms with Crippen molar-refractivity contribution in [2.45, 2.75) is 32.4 Å². The van der Waals surface area contributed by atoms with Gasteiger partial charge in [-0.3, -0.25) is 4.90 Å². The van der Waals surface area contributed by atoms with Crippen molar-refractivity contribution in [3.05, 3.63) is 38.5 Å². The standard InChI is InChI=1S/C13H16N2S2/c1-10-4-5-11(17-10)9-15-7-2-3-12(15)13-14-6-8-16-13/h4-6,8,12H,2-3,7,9H2,1H3/t12-/m0/s1. The topological polar surface area (TPSA) is 16.1 Å². The number of nitrogens with zero attached hydrogens (tertiary/aromatic N) is 2. The van der Waals surface area contributed by atoms with Gasteiger partial charge in [-0.25, -0.2) is 4.98 Å². The number of hydrogen-bond acceptors (Lipinski definition) is 4. The molecule has 0 N–H and O–H groups in total. The van der Waals surface area contributed by atoms with E-state index in [1.165, 1.54) is 34.1 Å². The second kappa shape index (κ2) is 4.88. The molecule has 17 heavy (non-hydrogen) atoms. The molecule has 0 spiro atoms. The van der Waals surface area contributed by atoms with E-state index < -0.39 is 0 Å². The number of likely N-dealkylation sites (tertiary alicyclic amines) is 1. The lowest BCUT2D eigenvalue weighted by Gasteiger charge is -2.21. The Morgan fingerprint density at radius 3 is 3.12 bits per heavy atom. The van der Waals surface area contributed by atoms with Gasteiger partial charge in [-0.2, -0.15) is 0 Å². The molecule has 1 atom stereocenters. The highest BCUT2D eigenvalue weighted by Gasteiger charge is 2.27. The maximum Gasteiger partial charge on any atom is 0.110 e. The fraction of sp³-hybridized carbons (Fsp3) is 0.462. The van der Waals surface area contributed by atoms with Crippen molar-refractivity contribution in [2.75, 3.05) is 6.54 Å². The molecule has 2 nitrogen and oxygen atoms in total. The zero-order chi connectivity index (χ0) is 11.7. The highest BCUT2D eigenvalue weighted by Crippen LogP contribution is 2.34. The van der Waals surface area contributed by atoms with E-state index >= 15 is 0 Å². The predicted octanol–water partition coefficient (Wildman–Crippen LogP) is 3.85. The summed E-state index contributed by atoms with van der Waals surface area (Å²) in [6.07, 6.45) is 4.48. The van der Waals surface area contributed by atoms with Gasteiger partial charge in [0.05, 0.1) is 6.04 Å². The molecule has 3 rings (SSSR count). The summed E-state index contributed by atoms with van der Waals surface area (Å²) in [5.74, 6) is 0. The molecule has 0 aromatic carbocycles. The molecular weight excluding hydrogens is 248 g/mol. The van der Waals surface area contributed by atoms with Gasteiger partial charge < -0.3 is 0 Å². The quantitative estimate of drug-likeness (QED) is 0.837. The lowest BCUT2D eigenvalue weighted by Crippen LogP contribution is -2.22. The molecule has 2 aromatic rings. The fourth-order valence-electron chi connectivity index (χ4n) is 2.46. The first-order valence-electron chi connectivity index (χ1n) is 6.02. The van der Waals surface area contributed by atoms with Crippen LogP contribution in [0.15, 0.2) is 23.7 Å². The zero-order valence-corrected chi connectivity index (χ0v) is 11.6. The summed E-state index contributed by atoms with van der Waals surface area (Å²) in [4.78, 5) is 9.93. The Bertz CT molecular complexity index is 475. The summed E-state index contributed by atoms with van der Waals surface area (Å²) in [5, 5.41) is 3.37. The molecule has 0 bridgehead atoms. The van der Waals surface area contributed by atoms with Crippen LogP contribution in [0.1, 0.15) is 33.6 Å². The molecule has 0 saturated carbocycles. The van der Waals surface area contributed by atoms with Gasteiger partial charge in [0, 0.05) is 27.9 Å². The summed E-state index contributed by atoms with van der Waals surface area (Å²) in [7, 11) is 0. The second-order valence-corrected chi connectivity index (χ2v) is 6.81. The number of rotatable bonds is 3. The van der Waals surface area contributed by atoms with Gasteiger partial charge in [0.2, 0.25) is 0 Å². The molecular formula is C13H16N2S2. The Balaban J connectivity index is 1.74. The molecule has 0 radical (unpaired) electrons. The van der Waals surface area contributed by atoms with E-state index in [-0.39, 0.29) is 0 Å². The largest absolute Gasteiger partial charge is 0.289 e. The Morgan fingerprint density at radius 1 is 1.47 bits per heavy atom. The maximum atomic E-state index is 4.48. The lowest BCUT2D eigenvalue weighted by atomic mass is 10.2. The van der Waals surface area contributed by atoms with E-state index in [2.05, 4.69) is 34.3 Å². The molecule has 4 heteroatoms. The van der Waals surface area contributed by atoms with Gasteiger partial charge in [-0.15, -0.1) is 22.7 Å². The average molecular weight is 264 g/mol. The van der Waals surface area contributed by atoms with E-state index in [1.54, 1.807) is 11.3 Å². The van der Waals surface area contributed by atoms with Crippen molar-refractivity contribution in [1.82, 2.24) is 9.88 Å². The third-order valence-electron chi connectivity index (χ3n) is 3.26. The number of hydrogen-bond donors (Lipinski definition) is 0. The molecule has 90 valence electrons. The molecule has 1 aliphatic rings. The van der Waals surface area contributed by atoms with E-state index in [4.69, 9.17) is 0 Å². The van der Waals surface area contributed by atoms with Crippen molar-refractivity contribution in [1.29, 1.82) is 0 Å². The Kier molecular flexibility index (Phi) is 3.27. The molecule has 1 saturated heterocycles. The van der Waals surface area contributed by atoms with Gasteiger partial charge in [-0.05, 0) is 38.4 Å². The highest BCUT2D eigenvalue weighted by molar-refractivity contribution is 7.11. The highest BCUT2D eigenvalue weighted by atomic mass is 32.1. The third kappa shape index (κ3) is 2.44. The predicted molar refractivity (Wildman–Crippen MR) is 73.6 cm³/mol. The van der Waals surface area contributed by atoms with Crippen LogP contribution in [-0.4, -0.2) is 16.4 Å². The zero-order valence-electron chi connectivity index (χ0n) is 9.93. The molecule has 3 heterocycles. The SMILES string of the molecule is Cc1ccc(CN2CCC[C@H]2c2nccs2)s1. The molecule has 0 unspecified atom stereocenters. The fourth-order valence-corrected chi connectivity index (χ4v) is 4.19. The van der Waals surface area contributed by atoms with Crippen LogP contribution in [0.25, 0.3) is 0 Å². The van der Waals surface area contributed by atoms with Crippen LogP contribution in [0.2, 0.25) is 0 Å². The first-order chi connectivity index (χ1) is 8.33. The number of thiazole rings is 1. The van der Waals surface area contributed by atoms with Crippen LogP contribution >= 0.6 is 22.7 Å². The van der Waals surface area contributed by atoms with Gasteiger partial charge in [0.25, 0.3) is 0 Å². The average Bonchev–Trinajstić information content (AvgIpc) is 3.00. The van der Waals surface area contributed by atoms with Gasteiger partial charge >= 0.3 is 0 Å². The van der Waals surface area contributed by atoms with Crippen LogP contribution in [0.3, 0.4) is 0 Å². The Labute approximate surface area is 110 Å². The van der Waals surface area contributed by atoms with Gasteiger partial charge in [0.15, 0.2) is 0 Å². The van der Waals surface area contributed by atoms with Crippen LogP contribution in [-0.2, 0) is 6.54 Å². The summed E-state index contributed by atoms with van der Waals surface area (Å²) in [6, 6.07) is 5.03. The summed E-state index contributed by atoms with van der Waals surface area (Å²) in [6.45, 7) is 4.47. The summed E-state index contributed by atoms with van der Waals surface area (Å²) < 4.78 is 0. The monoisotopic (exact) mass is 264 g/mol. The van der Waals surface area contributed by atoms with E-state index in [0.29, 0.717) is 6.04 Å². The number of aryl methyl sites for hydroxylation is 1. The molecule has 2 aromatic heterocycles. The minimum atomic E-state index is 0.553. The molecule has 0 aliphatic carbocycles. The summed E-state index contributed by atoms with van der Waals surface area (Å²) in [5.41, 5.74) is 0. The smallest absolute Gasteiger partial charge is 0.110 e. The van der Waals surface area contributed by atoms with Crippen LogP contribution in [0.5, 0.6) is 0 Å². The Morgan fingerprint density at radius 2 is 2.41 bits per heavy atom. The van der Waals surface area contributed by atoms with Crippen LogP contribution in [0, 0.1) is 6.92 Å². The van der Waals surface area contributed by atoms with Gasteiger partial charge in [0.1, 0.15) is 5.01 Å². The lowest BCUT2D eigenvalue weighted by molar-refractivity contribution is 0.250. The minimum absolute atomic E-state index is 0.553. The van der Waals surface area contributed by atoms with Crippen molar-refractivity contribution in [3.8, 4) is 0 Å². The first kappa shape index (κ1) is 11.4. The van der Waals surface area contributed by atoms with Crippen molar-refractivity contribution >= 4 is 22.7 Å². The van der Waals surface area contributed by atoms with E-state index in [9.17, 15) is 0 Å². The summed E-state index contributed by atoms with van der Waals surface area (Å²) >= 11 is 3.71. The molecule has 0 amide bonds. The number of thiophene rings is 1. The van der Waals surface area contributed by atoms with Crippen LogP contribution in [0.4, 0.5) is 0 Å². The van der Waals surface area contributed by atoms with Gasteiger partial charge in [-0.1, -0.05) is 0 Å². The Hall–Kier alpha value is -0.710. The van der Waals surface area contributed by atoms with E-state index in [0.717, 1.165) is 6.54 Å². The molecule has 1 fully saturated rings. The normalized spacial score (nSPS) is 21.1. The first-order valence-corrected chi connectivity index (χ1v) is 7.71. The minimum Gasteiger partial charge on any atom is -0.289 e. The van der Waals surface area contributed by atoms with Crippen LogP contribution < -0.4 is 0 Å². The maximum absolute atomic E-state index is 4.48. The number of aromatic nitrogens is 1. The molecule has 1 aliphatic heterocycles. The van der Waals surface area contributed by atoms with E-state index in [1.807, 2.05) is 17.5 Å².